The van der Waals surface area contributed by atoms with E-state index in [4.69, 9.17) is 0 Å². The van der Waals surface area contributed by atoms with Crippen molar-refractivity contribution in [1.82, 2.24) is 4.90 Å². The van der Waals surface area contributed by atoms with Gasteiger partial charge in [0.1, 0.15) is 11.4 Å². The Hall–Kier alpha value is -2.12. The molecule has 2 rings (SSSR count). The highest BCUT2D eigenvalue weighted by atomic mass is 16.3. The van der Waals surface area contributed by atoms with Crippen LogP contribution in [0, 0.1) is 0 Å². The fraction of sp³-hybridized carbons (Fsp3) is 0.500. The van der Waals surface area contributed by atoms with Gasteiger partial charge in [0.05, 0.1) is 25.8 Å². The van der Waals surface area contributed by atoms with Crippen LogP contribution < -0.4 is 10.6 Å². The summed E-state index contributed by atoms with van der Waals surface area (Å²) in [6.07, 6.45) is 0. The Balaban J connectivity index is 2.07. The van der Waals surface area contributed by atoms with Crippen molar-refractivity contribution in [3.05, 3.63) is 18.2 Å². The largest absolute Gasteiger partial charge is 0.506 e. The molecule has 1 saturated heterocycles. The molecule has 1 aliphatic rings. The lowest BCUT2D eigenvalue weighted by molar-refractivity contribution is -0.905. The number of aromatic hydroxyl groups is 1. The molecule has 23 heavy (non-hydrogen) atoms. The van der Waals surface area contributed by atoms with Crippen LogP contribution in [0.4, 0.5) is 11.4 Å². The fourth-order valence-corrected chi connectivity index (χ4v) is 2.70. The number of carbonyl (C=O) groups excluding carboxylic acids is 2. The summed E-state index contributed by atoms with van der Waals surface area (Å²) in [5.41, 5.74) is 0.639. The van der Waals surface area contributed by atoms with Crippen molar-refractivity contribution in [3.63, 3.8) is 0 Å². The van der Waals surface area contributed by atoms with Gasteiger partial charge in [-0.05, 0) is 19.2 Å². The summed E-state index contributed by atoms with van der Waals surface area (Å²) in [5.74, 6) is -0.500. The van der Waals surface area contributed by atoms with Crippen LogP contribution in [-0.2, 0) is 9.59 Å². The minimum absolute atomic E-state index is 0.0642. The van der Waals surface area contributed by atoms with Crippen molar-refractivity contribution in [3.8, 4) is 5.75 Å². The van der Waals surface area contributed by atoms with Crippen molar-refractivity contribution >= 4 is 23.2 Å². The number of phenolic OH excluding ortho intramolecular Hbond substituents is 1. The zero-order valence-electron chi connectivity index (χ0n) is 13.9. The quantitative estimate of drug-likeness (QED) is 0.563. The highest BCUT2D eigenvalue weighted by Crippen LogP contribution is 2.31. The van der Waals surface area contributed by atoms with Gasteiger partial charge in [-0.3, -0.25) is 14.5 Å². The first-order valence-corrected chi connectivity index (χ1v) is 7.70. The average Bonchev–Trinajstić information content (AvgIpc) is 2.45. The van der Waals surface area contributed by atoms with Crippen LogP contribution in [0.25, 0.3) is 0 Å². The third-order valence-corrected chi connectivity index (χ3v) is 4.19. The van der Waals surface area contributed by atoms with E-state index in [-0.39, 0.29) is 23.3 Å². The molecule has 0 radical (unpaired) electrons. The fourth-order valence-electron chi connectivity index (χ4n) is 2.70. The van der Waals surface area contributed by atoms with Gasteiger partial charge in [0.15, 0.2) is 6.54 Å². The number of likely N-dealkylation sites (N-methyl/N-ethyl adjacent to an activating group) is 2. The summed E-state index contributed by atoms with van der Waals surface area (Å²) in [7, 11) is 4.14. The molecule has 0 spiro atoms. The van der Waals surface area contributed by atoms with Gasteiger partial charge in [0.2, 0.25) is 5.91 Å². The highest BCUT2D eigenvalue weighted by molar-refractivity contribution is 6.01. The second-order valence-corrected chi connectivity index (χ2v) is 6.46. The third kappa shape index (κ3) is 4.67. The smallest absolute Gasteiger partial charge is 0.279 e. The van der Waals surface area contributed by atoms with Crippen molar-refractivity contribution < 1.29 is 19.2 Å². The van der Waals surface area contributed by atoms with E-state index in [1.165, 1.54) is 13.0 Å². The molecule has 0 saturated carbocycles. The number of hydrogen-bond acceptors (Lipinski definition) is 4. The van der Waals surface area contributed by atoms with Crippen LogP contribution in [0.2, 0.25) is 0 Å². The van der Waals surface area contributed by atoms with Gasteiger partial charge in [-0.1, -0.05) is 6.07 Å². The minimum Gasteiger partial charge on any atom is -0.506 e. The Morgan fingerprint density at radius 3 is 2.52 bits per heavy atom. The lowest BCUT2D eigenvalue weighted by atomic mass is 10.2. The number of benzene rings is 1. The molecule has 0 unspecified atom stereocenters. The molecule has 0 aliphatic carbocycles. The number of quaternary nitrogens is 1. The number of carbonyl (C=O) groups is 2. The molecule has 126 valence electrons. The maximum absolute atomic E-state index is 12.4. The van der Waals surface area contributed by atoms with Crippen LogP contribution in [-0.4, -0.2) is 73.1 Å². The summed E-state index contributed by atoms with van der Waals surface area (Å²) in [4.78, 5) is 25.9. The van der Waals surface area contributed by atoms with Crippen molar-refractivity contribution in [2.45, 2.75) is 6.92 Å². The van der Waals surface area contributed by atoms with E-state index in [9.17, 15) is 14.7 Å². The first-order chi connectivity index (χ1) is 10.8. The lowest BCUT2D eigenvalue weighted by Crippen LogP contribution is -2.58. The lowest BCUT2D eigenvalue weighted by Gasteiger charge is -2.40. The van der Waals surface area contributed by atoms with Gasteiger partial charge in [0.25, 0.3) is 5.91 Å². The van der Waals surface area contributed by atoms with Gasteiger partial charge >= 0.3 is 0 Å². The van der Waals surface area contributed by atoms with Crippen LogP contribution in [0.5, 0.6) is 5.75 Å². The number of rotatable bonds is 4. The highest BCUT2D eigenvalue weighted by Gasteiger charge is 2.30. The van der Waals surface area contributed by atoms with E-state index in [0.29, 0.717) is 16.7 Å². The number of nitrogens with one attached hydrogen (secondary N) is 2. The SMILES string of the molecule is CC(=O)Nc1cccc(O)c1NC(=O)C[N+]1(C)CCN(C)CC1. The zero-order chi connectivity index (χ0) is 17.0. The molecule has 1 aromatic rings. The monoisotopic (exact) mass is 321 g/mol. The van der Waals surface area contributed by atoms with Crippen LogP contribution in [0.15, 0.2) is 18.2 Å². The van der Waals surface area contributed by atoms with E-state index < -0.39 is 0 Å². The van der Waals surface area contributed by atoms with E-state index in [1.54, 1.807) is 12.1 Å². The third-order valence-electron chi connectivity index (χ3n) is 4.19. The van der Waals surface area contributed by atoms with Crippen LogP contribution >= 0.6 is 0 Å². The first-order valence-electron chi connectivity index (χ1n) is 7.70. The standard InChI is InChI=1S/C16H24N4O3/c1-12(21)17-13-5-4-6-14(22)16(13)18-15(23)11-20(3)9-7-19(2)8-10-20/h4-6H,7-11H2,1-3H3,(H2-,17,18,21,22,23)/p+1. The Labute approximate surface area is 136 Å². The average molecular weight is 321 g/mol. The Morgan fingerprint density at radius 2 is 1.91 bits per heavy atom. The molecular weight excluding hydrogens is 296 g/mol. The van der Waals surface area contributed by atoms with Gasteiger partial charge in [-0.25, -0.2) is 0 Å². The second kappa shape index (κ2) is 6.97. The number of nitrogens with zero attached hydrogens (tertiary/aromatic N) is 2. The molecule has 0 atom stereocenters. The molecule has 3 N–H and O–H groups in total. The molecule has 1 aliphatic heterocycles. The van der Waals surface area contributed by atoms with Crippen molar-refractivity contribution in [2.24, 2.45) is 0 Å². The Morgan fingerprint density at radius 1 is 1.26 bits per heavy atom. The summed E-state index contributed by atoms with van der Waals surface area (Å²) >= 11 is 0. The van der Waals surface area contributed by atoms with Crippen LogP contribution in [0.3, 0.4) is 0 Å². The topological polar surface area (TPSA) is 81.7 Å². The van der Waals surface area contributed by atoms with Crippen molar-refractivity contribution in [2.75, 3.05) is 57.5 Å². The number of phenols is 1. The molecule has 2 amide bonds. The Bertz CT molecular complexity index is 595. The molecule has 7 heteroatoms. The molecule has 1 heterocycles. The van der Waals surface area contributed by atoms with Crippen LogP contribution in [0.1, 0.15) is 6.92 Å². The predicted molar refractivity (Wildman–Crippen MR) is 89.3 cm³/mol. The summed E-state index contributed by atoms with van der Waals surface area (Å²) in [6.45, 7) is 5.44. The predicted octanol–water partition coefficient (Wildman–Crippen LogP) is 0.681. The van der Waals surface area contributed by atoms with E-state index in [1.807, 2.05) is 0 Å². The van der Waals surface area contributed by atoms with E-state index in [0.717, 1.165) is 26.2 Å². The number of para-hydroxylation sites is 1. The zero-order valence-corrected chi connectivity index (χ0v) is 13.9. The molecule has 0 aromatic heterocycles. The number of piperazine rings is 1. The summed E-state index contributed by atoms with van der Waals surface area (Å²) in [6, 6.07) is 4.74. The number of amides is 2. The molecule has 0 bridgehead atoms. The van der Waals surface area contributed by atoms with E-state index >= 15 is 0 Å². The molecule has 1 aromatic carbocycles. The second-order valence-electron chi connectivity index (χ2n) is 6.46. The number of anilines is 2. The Kier molecular flexibility index (Phi) is 5.23. The maximum Gasteiger partial charge on any atom is 0.279 e. The van der Waals surface area contributed by atoms with Gasteiger partial charge in [-0.15, -0.1) is 0 Å². The molecular formula is C16H25N4O3+. The normalized spacial score (nSPS) is 17.5. The van der Waals surface area contributed by atoms with E-state index in [2.05, 4.69) is 29.6 Å². The van der Waals surface area contributed by atoms with Gasteiger partial charge < -0.3 is 20.2 Å². The number of hydrogen-bond donors (Lipinski definition) is 3. The van der Waals surface area contributed by atoms with Gasteiger partial charge in [-0.2, -0.15) is 0 Å². The first kappa shape index (κ1) is 17.2. The molecule has 1 fully saturated rings. The maximum atomic E-state index is 12.4. The summed E-state index contributed by atoms with van der Waals surface area (Å²) in [5, 5.41) is 15.3. The van der Waals surface area contributed by atoms with Gasteiger partial charge in [0, 0.05) is 20.0 Å². The molecule has 7 nitrogen and oxygen atoms in total. The summed E-state index contributed by atoms with van der Waals surface area (Å²) < 4.78 is 0.666. The van der Waals surface area contributed by atoms with Crippen molar-refractivity contribution in [1.29, 1.82) is 0 Å². The minimum atomic E-state index is -0.260.